The van der Waals surface area contributed by atoms with Gasteiger partial charge in [0.15, 0.2) is 0 Å². The first-order chi connectivity index (χ1) is 10.1. The summed E-state index contributed by atoms with van der Waals surface area (Å²) in [5, 5.41) is 0. The van der Waals surface area contributed by atoms with Crippen LogP contribution in [0, 0.1) is 11.6 Å². The summed E-state index contributed by atoms with van der Waals surface area (Å²) in [6.07, 6.45) is 0.268. The van der Waals surface area contributed by atoms with Crippen LogP contribution in [-0.4, -0.2) is 14.2 Å². The molecule has 0 aliphatic heterocycles. The molecule has 0 saturated carbocycles. The summed E-state index contributed by atoms with van der Waals surface area (Å²) >= 11 is 0. The van der Waals surface area contributed by atoms with Crippen LogP contribution < -0.4 is 15.2 Å². The van der Waals surface area contributed by atoms with Crippen molar-refractivity contribution in [1.82, 2.24) is 0 Å². The molecular weight excluding hydrogens is 276 g/mol. The van der Waals surface area contributed by atoms with Crippen LogP contribution >= 0.6 is 0 Å². The first-order valence-electron chi connectivity index (χ1n) is 6.47. The normalized spacial score (nSPS) is 12.0. The molecule has 0 saturated heterocycles. The molecule has 2 rings (SSSR count). The molecule has 5 heteroatoms. The molecule has 0 bridgehead atoms. The van der Waals surface area contributed by atoms with Gasteiger partial charge < -0.3 is 15.2 Å². The van der Waals surface area contributed by atoms with Gasteiger partial charge in [-0.1, -0.05) is 18.2 Å². The van der Waals surface area contributed by atoms with Gasteiger partial charge in [0.25, 0.3) is 0 Å². The molecule has 3 nitrogen and oxygen atoms in total. The minimum atomic E-state index is -0.813. The predicted molar refractivity (Wildman–Crippen MR) is 76.5 cm³/mol. The van der Waals surface area contributed by atoms with Gasteiger partial charge in [-0.3, -0.25) is 0 Å². The Kier molecular flexibility index (Phi) is 4.75. The lowest BCUT2D eigenvalue weighted by atomic mass is 9.98. The SMILES string of the molecule is COc1cc(F)c(C(N)Cc2ccccc2OC)c(F)c1. The van der Waals surface area contributed by atoms with E-state index in [4.69, 9.17) is 15.2 Å². The number of hydrogen-bond donors (Lipinski definition) is 1. The molecular formula is C16H17F2NO2. The zero-order valence-electron chi connectivity index (χ0n) is 11.9. The van der Waals surface area contributed by atoms with E-state index in [2.05, 4.69) is 0 Å². The fourth-order valence-corrected chi connectivity index (χ4v) is 2.24. The number of ether oxygens (including phenoxy) is 2. The molecule has 0 aliphatic rings. The van der Waals surface area contributed by atoms with Crippen LogP contribution in [-0.2, 0) is 6.42 Å². The van der Waals surface area contributed by atoms with E-state index in [1.807, 2.05) is 18.2 Å². The molecule has 0 aliphatic carbocycles. The van der Waals surface area contributed by atoms with Gasteiger partial charge in [0.2, 0.25) is 0 Å². The molecule has 0 heterocycles. The summed E-state index contributed by atoms with van der Waals surface area (Å²) < 4.78 is 38.0. The maximum atomic E-state index is 14.0. The van der Waals surface area contributed by atoms with Crippen LogP contribution in [0.2, 0.25) is 0 Å². The van der Waals surface area contributed by atoms with E-state index in [0.29, 0.717) is 5.75 Å². The van der Waals surface area contributed by atoms with Crippen LogP contribution in [0.15, 0.2) is 36.4 Å². The van der Waals surface area contributed by atoms with Crippen molar-refractivity contribution in [3.63, 3.8) is 0 Å². The van der Waals surface area contributed by atoms with Crippen molar-refractivity contribution in [3.05, 3.63) is 59.2 Å². The standard InChI is InChI=1S/C16H17F2NO2/c1-20-11-8-12(17)16(13(18)9-11)14(19)7-10-5-3-4-6-15(10)21-2/h3-6,8-9,14H,7,19H2,1-2H3. The van der Waals surface area contributed by atoms with Crippen molar-refractivity contribution in [3.8, 4) is 11.5 Å². The Balaban J connectivity index is 2.30. The first-order valence-corrected chi connectivity index (χ1v) is 6.47. The van der Waals surface area contributed by atoms with E-state index >= 15 is 0 Å². The van der Waals surface area contributed by atoms with Gasteiger partial charge in [-0.05, 0) is 18.1 Å². The van der Waals surface area contributed by atoms with Crippen LogP contribution in [0.1, 0.15) is 17.2 Å². The minimum Gasteiger partial charge on any atom is -0.497 e. The lowest BCUT2D eigenvalue weighted by molar-refractivity contribution is 0.401. The average Bonchev–Trinajstić information content (AvgIpc) is 2.46. The fraction of sp³-hybridized carbons (Fsp3) is 0.250. The third kappa shape index (κ3) is 3.31. The van der Waals surface area contributed by atoms with E-state index in [1.165, 1.54) is 7.11 Å². The van der Waals surface area contributed by atoms with Gasteiger partial charge in [-0.2, -0.15) is 0 Å². The van der Waals surface area contributed by atoms with Crippen molar-refractivity contribution >= 4 is 0 Å². The largest absolute Gasteiger partial charge is 0.497 e. The highest BCUT2D eigenvalue weighted by atomic mass is 19.1. The molecule has 2 aromatic carbocycles. The summed E-state index contributed by atoms with van der Waals surface area (Å²) in [6, 6.07) is 8.68. The van der Waals surface area contributed by atoms with Crippen LogP contribution in [0.25, 0.3) is 0 Å². The fourth-order valence-electron chi connectivity index (χ4n) is 2.24. The van der Waals surface area contributed by atoms with E-state index in [0.717, 1.165) is 17.7 Å². The van der Waals surface area contributed by atoms with Crippen molar-refractivity contribution < 1.29 is 18.3 Å². The highest BCUT2D eigenvalue weighted by Gasteiger charge is 2.20. The molecule has 1 unspecified atom stereocenters. The number of nitrogens with two attached hydrogens (primary N) is 1. The Bertz CT molecular complexity index is 608. The molecule has 112 valence electrons. The second-order valence-corrected chi connectivity index (χ2v) is 4.63. The number of hydrogen-bond acceptors (Lipinski definition) is 3. The molecule has 0 radical (unpaired) electrons. The molecule has 2 N–H and O–H groups in total. The number of methoxy groups -OCH3 is 2. The Morgan fingerprint density at radius 1 is 1.05 bits per heavy atom. The van der Waals surface area contributed by atoms with Crippen LogP contribution in [0.3, 0.4) is 0 Å². The van der Waals surface area contributed by atoms with E-state index in [-0.39, 0.29) is 17.7 Å². The molecule has 2 aromatic rings. The Morgan fingerprint density at radius 2 is 1.67 bits per heavy atom. The number of rotatable bonds is 5. The second-order valence-electron chi connectivity index (χ2n) is 4.63. The van der Waals surface area contributed by atoms with Crippen LogP contribution in [0.4, 0.5) is 8.78 Å². The van der Waals surface area contributed by atoms with Crippen molar-refractivity contribution in [1.29, 1.82) is 0 Å². The third-order valence-electron chi connectivity index (χ3n) is 3.29. The number of benzene rings is 2. The summed E-state index contributed by atoms with van der Waals surface area (Å²) in [7, 11) is 2.89. The van der Waals surface area contributed by atoms with Crippen molar-refractivity contribution in [2.24, 2.45) is 5.73 Å². The van der Waals surface area contributed by atoms with Gasteiger partial charge in [0.05, 0.1) is 14.2 Å². The van der Waals surface area contributed by atoms with Gasteiger partial charge in [-0.25, -0.2) is 8.78 Å². The smallest absolute Gasteiger partial charge is 0.134 e. The van der Waals surface area contributed by atoms with Crippen molar-refractivity contribution in [2.45, 2.75) is 12.5 Å². The monoisotopic (exact) mass is 293 g/mol. The minimum absolute atomic E-state index is 0.123. The van der Waals surface area contributed by atoms with Crippen LogP contribution in [0.5, 0.6) is 11.5 Å². The van der Waals surface area contributed by atoms with E-state index in [1.54, 1.807) is 13.2 Å². The second kappa shape index (κ2) is 6.54. The van der Waals surface area contributed by atoms with E-state index < -0.39 is 17.7 Å². The molecule has 0 aromatic heterocycles. The summed E-state index contributed by atoms with van der Waals surface area (Å²) in [5.74, 6) is -0.663. The molecule has 0 spiro atoms. The zero-order valence-corrected chi connectivity index (χ0v) is 11.9. The lowest BCUT2D eigenvalue weighted by Gasteiger charge is -2.16. The lowest BCUT2D eigenvalue weighted by Crippen LogP contribution is -2.17. The van der Waals surface area contributed by atoms with Gasteiger partial charge >= 0.3 is 0 Å². The number of para-hydroxylation sites is 1. The predicted octanol–water partition coefficient (Wildman–Crippen LogP) is 3.22. The van der Waals surface area contributed by atoms with Gasteiger partial charge in [0.1, 0.15) is 23.1 Å². The average molecular weight is 293 g/mol. The number of halogens is 2. The molecule has 21 heavy (non-hydrogen) atoms. The third-order valence-corrected chi connectivity index (χ3v) is 3.29. The highest BCUT2D eigenvalue weighted by molar-refractivity contribution is 5.37. The quantitative estimate of drug-likeness (QED) is 0.920. The summed E-state index contributed by atoms with van der Waals surface area (Å²) in [6.45, 7) is 0. The zero-order chi connectivity index (χ0) is 15.4. The topological polar surface area (TPSA) is 44.5 Å². The Morgan fingerprint density at radius 3 is 2.24 bits per heavy atom. The Hall–Kier alpha value is -2.14. The molecule has 1 atom stereocenters. The maximum absolute atomic E-state index is 14.0. The summed E-state index contributed by atoms with van der Waals surface area (Å²) in [5.41, 5.74) is 6.61. The maximum Gasteiger partial charge on any atom is 0.134 e. The summed E-state index contributed by atoms with van der Waals surface area (Å²) in [4.78, 5) is 0. The van der Waals surface area contributed by atoms with Gasteiger partial charge in [0, 0.05) is 23.7 Å². The molecule has 0 fully saturated rings. The Labute approximate surface area is 122 Å². The van der Waals surface area contributed by atoms with E-state index in [9.17, 15) is 8.78 Å². The first kappa shape index (κ1) is 15.3. The van der Waals surface area contributed by atoms with Crippen molar-refractivity contribution in [2.75, 3.05) is 14.2 Å². The molecule has 0 amide bonds. The van der Waals surface area contributed by atoms with Gasteiger partial charge in [-0.15, -0.1) is 0 Å². The highest BCUT2D eigenvalue weighted by Crippen LogP contribution is 2.28.